The molecule has 2 atom stereocenters. The van der Waals surface area contributed by atoms with Crippen LogP contribution in [0.3, 0.4) is 0 Å². The summed E-state index contributed by atoms with van der Waals surface area (Å²) in [5, 5.41) is 3.83. The van der Waals surface area contributed by atoms with Gasteiger partial charge < -0.3 is 29.8 Å². The van der Waals surface area contributed by atoms with Crippen LogP contribution >= 0.6 is 11.8 Å². The van der Waals surface area contributed by atoms with Gasteiger partial charge in [-0.3, -0.25) is 4.79 Å². The molecule has 0 bridgehead atoms. The molecule has 0 saturated heterocycles. The van der Waals surface area contributed by atoms with Crippen LogP contribution < -0.4 is 20.5 Å². The molecular formula is C30H29N5O5S. The highest BCUT2D eigenvalue weighted by atomic mass is 32.2. The number of benzene rings is 2. The second kappa shape index (κ2) is 10.3. The molecule has 41 heavy (non-hydrogen) atoms. The Morgan fingerprint density at radius 3 is 2.71 bits per heavy atom. The van der Waals surface area contributed by atoms with Crippen LogP contribution in [-0.2, 0) is 16.1 Å². The van der Waals surface area contributed by atoms with Crippen molar-refractivity contribution in [2.75, 3.05) is 19.1 Å². The van der Waals surface area contributed by atoms with Crippen LogP contribution in [0, 0.1) is 5.92 Å². The number of para-hydroxylation sites is 2. The van der Waals surface area contributed by atoms with E-state index in [1.54, 1.807) is 23.3 Å². The molecule has 2 unspecified atom stereocenters. The Bertz CT molecular complexity index is 1750. The molecule has 0 spiro atoms. The molecule has 2 aromatic carbocycles. The van der Waals surface area contributed by atoms with Crippen molar-refractivity contribution in [3.8, 4) is 11.5 Å². The van der Waals surface area contributed by atoms with E-state index in [9.17, 15) is 9.59 Å². The van der Waals surface area contributed by atoms with Crippen LogP contribution in [0.5, 0.6) is 11.5 Å². The third-order valence-corrected chi connectivity index (χ3v) is 9.33. The Morgan fingerprint density at radius 2 is 1.88 bits per heavy atom. The number of fused-ring (bicyclic) bond motifs is 4. The second-order valence-corrected chi connectivity index (χ2v) is 11.6. The number of esters is 1. The quantitative estimate of drug-likeness (QED) is 0.315. The van der Waals surface area contributed by atoms with Gasteiger partial charge in [0, 0.05) is 11.2 Å². The summed E-state index contributed by atoms with van der Waals surface area (Å²) >= 11 is 1.55. The van der Waals surface area contributed by atoms with Crippen LogP contribution in [0.15, 0.2) is 53.1 Å². The number of hydrogen-bond donors (Lipinski definition) is 2. The first-order valence-corrected chi connectivity index (χ1v) is 14.7. The van der Waals surface area contributed by atoms with E-state index in [2.05, 4.69) is 5.32 Å². The Hall–Kier alpha value is -4.25. The highest BCUT2D eigenvalue weighted by Crippen LogP contribution is 2.48. The molecule has 4 heterocycles. The van der Waals surface area contributed by atoms with Crippen molar-refractivity contribution in [2.24, 2.45) is 5.92 Å². The highest BCUT2D eigenvalue weighted by molar-refractivity contribution is 8.04. The van der Waals surface area contributed by atoms with Crippen molar-refractivity contribution >= 4 is 51.7 Å². The van der Waals surface area contributed by atoms with Gasteiger partial charge in [-0.2, -0.15) is 0 Å². The lowest BCUT2D eigenvalue weighted by Gasteiger charge is -2.25. The summed E-state index contributed by atoms with van der Waals surface area (Å²) in [5.41, 5.74) is 10.7. The fourth-order valence-corrected chi connectivity index (χ4v) is 7.53. The number of nitrogens with two attached hydrogens (primary N) is 1. The number of carbonyl (C=O) groups excluding carboxylic acids is 2. The predicted molar refractivity (Wildman–Crippen MR) is 156 cm³/mol. The van der Waals surface area contributed by atoms with E-state index in [1.165, 1.54) is 0 Å². The summed E-state index contributed by atoms with van der Waals surface area (Å²) in [7, 11) is 0. The van der Waals surface area contributed by atoms with Crippen LogP contribution in [-0.4, -0.2) is 45.1 Å². The van der Waals surface area contributed by atoms with Gasteiger partial charge in [0.2, 0.25) is 6.79 Å². The van der Waals surface area contributed by atoms with E-state index in [1.807, 2.05) is 42.5 Å². The Balaban J connectivity index is 1.31. The van der Waals surface area contributed by atoms with E-state index in [4.69, 9.17) is 29.9 Å². The number of nitrogen functional groups attached to an aromatic ring is 1. The lowest BCUT2D eigenvalue weighted by molar-refractivity contribution is -0.139. The fourth-order valence-electron chi connectivity index (χ4n) is 5.99. The first-order chi connectivity index (χ1) is 20.0. The standard InChI is InChI=1S/C30H29N5O5S/c1-2-38-30(37)23-17-7-3-6-10-22(17)41-29(23)34-28(36)24-25-27(33-19-9-5-4-8-18(19)32-25)35(26(24)31)14-16-11-12-20-21(13-16)40-15-39-20/h4-5,8-9,11-13,17,22H,2-3,6-7,10,14-15,31H2,1H3,(H,34,36). The maximum Gasteiger partial charge on any atom is 0.336 e. The van der Waals surface area contributed by atoms with Crippen LogP contribution in [0.1, 0.15) is 48.5 Å². The molecule has 0 radical (unpaired) electrons. The highest BCUT2D eigenvalue weighted by Gasteiger charge is 2.42. The van der Waals surface area contributed by atoms with E-state index in [0.29, 0.717) is 50.8 Å². The summed E-state index contributed by atoms with van der Waals surface area (Å²) < 4.78 is 18.2. The van der Waals surface area contributed by atoms with Gasteiger partial charge in [0.25, 0.3) is 5.91 Å². The van der Waals surface area contributed by atoms with E-state index >= 15 is 0 Å². The largest absolute Gasteiger partial charge is 0.463 e. The number of nitrogens with zero attached hydrogens (tertiary/aromatic N) is 3. The average Bonchev–Trinajstić information content (AvgIpc) is 3.66. The maximum absolute atomic E-state index is 14.0. The third kappa shape index (κ3) is 4.44. The Labute approximate surface area is 240 Å². The predicted octanol–water partition coefficient (Wildman–Crippen LogP) is 4.75. The van der Waals surface area contributed by atoms with Crippen LogP contribution in [0.2, 0.25) is 0 Å². The van der Waals surface area contributed by atoms with Gasteiger partial charge in [-0.1, -0.05) is 31.0 Å². The summed E-state index contributed by atoms with van der Waals surface area (Å²) in [6, 6.07) is 13.2. The zero-order valence-corrected chi connectivity index (χ0v) is 23.3. The second-order valence-electron chi connectivity index (χ2n) is 10.4. The number of hydrogen-bond acceptors (Lipinski definition) is 9. The number of carbonyl (C=O) groups is 2. The van der Waals surface area contributed by atoms with Crippen LogP contribution in [0.4, 0.5) is 5.82 Å². The molecular weight excluding hydrogens is 542 g/mol. The fraction of sp³-hybridized carbons (Fsp3) is 0.333. The average molecular weight is 572 g/mol. The minimum atomic E-state index is -0.426. The molecule has 1 aliphatic carbocycles. The third-order valence-electron chi connectivity index (χ3n) is 7.91. The molecule has 2 aliphatic heterocycles. The van der Waals surface area contributed by atoms with Crippen LogP contribution in [0.25, 0.3) is 22.2 Å². The van der Waals surface area contributed by atoms with Crippen molar-refractivity contribution < 1.29 is 23.8 Å². The Kier molecular flexibility index (Phi) is 6.45. The van der Waals surface area contributed by atoms with Gasteiger partial charge in [-0.15, -0.1) is 11.8 Å². The summed E-state index contributed by atoms with van der Waals surface area (Å²) in [5.74, 6) is 0.856. The summed E-state index contributed by atoms with van der Waals surface area (Å²) in [4.78, 5) is 36.7. The lowest BCUT2D eigenvalue weighted by atomic mass is 9.84. The topological polar surface area (TPSA) is 131 Å². The number of amides is 1. The molecule has 1 fully saturated rings. The van der Waals surface area contributed by atoms with Crippen molar-refractivity contribution in [3.63, 3.8) is 0 Å². The van der Waals surface area contributed by atoms with Gasteiger partial charge in [0.1, 0.15) is 16.9 Å². The molecule has 1 amide bonds. The van der Waals surface area contributed by atoms with Gasteiger partial charge in [-0.25, -0.2) is 14.8 Å². The van der Waals surface area contributed by atoms with Gasteiger partial charge in [0.15, 0.2) is 17.1 Å². The Morgan fingerprint density at radius 1 is 1.10 bits per heavy atom. The molecule has 11 heteroatoms. The monoisotopic (exact) mass is 571 g/mol. The molecule has 10 nitrogen and oxygen atoms in total. The molecule has 2 aromatic heterocycles. The number of thioether (sulfide) groups is 1. The summed E-state index contributed by atoms with van der Waals surface area (Å²) in [6.45, 7) is 2.58. The molecule has 1 saturated carbocycles. The van der Waals surface area contributed by atoms with E-state index in [-0.39, 0.29) is 41.9 Å². The molecule has 7 rings (SSSR count). The molecule has 210 valence electrons. The summed E-state index contributed by atoms with van der Waals surface area (Å²) in [6.07, 6.45) is 4.05. The number of ether oxygens (including phenoxy) is 3. The van der Waals surface area contributed by atoms with Crippen molar-refractivity contribution in [1.82, 2.24) is 19.9 Å². The SMILES string of the molecule is CCOC(=O)C1=C(NC(=O)c2c(N)n(Cc3ccc4c(c3)OCO4)c3nc4ccccc4nc23)SC2CCCCC12. The van der Waals surface area contributed by atoms with E-state index in [0.717, 1.165) is 31.2 Å². The maximum atomic E-state index is 14.0. The zero-order chi connectivity index (χ0) is 28.1. The number of nitrogens with one attached hydrogen (secondary N) is 1. The minimum absolute atomic E-state index is 0.0662. The van der Waals surface area contributed by atoms with Gasteiger partial charge in [-0.05, 0) is 49.6 Å². The minimum Gasteiger partial charge on any atom is -0.463 e. The smallest absolute Gasteiger partial charge is 0.336 e. The number of aromatic nitrogens is 3. The van der Waals surface area contributed by atoms with Crippen molar-refractivity contribution in [3.05, 3.63) is 64.2 Å². The molecule has 3 N–H and O–H groups in total. The molecule has 3 aliphatic rings. The molecule has 4 aromatic rings. The first-order valence-electron chi connectivity index (χ1n) is 13.8. The normalized spacial score (nSPS) is 19.5. The van der Waals surface area contributed by atoms with Gasteiger partial charge >= 0.3 is 5.97 Å². The van der Waals surface area contributed by atoms with Gasteiger partial charge in [0.05, 0.1) is 34.8 Å². The first kappa shape index (κ1) is 25.7. The van der Waals surface area contributed by atoms with E-state index < -0.39 is 5.91 Å². The number of anilines is 1. The lowest BCUT2D eigenvalue weighted by Crippen LogP contribution is -2.26. The number of rotatable bonds is 6. The van der Waals surface area contributed by atoms with Crippen molar-refractivity contribution in [2.45, 2.75) is 44.4 Å². The van der Waals surface area contributed by atoms with Crippen molar-refractivity contribution in [1.29, 1.82) is 0 Å². The zero-order valence-electron chi connectivity index (χ0n) is 22.5.